The van der Waals surface area contributed by atoms with Gasteiger partial charge in [0.25, 0.3) is 0 Å². The summed E-state index contributed by atoms with van der Waals surface area (Å²) in [5.41, 5.74) is 4.61. The number of hydrogen-bond acceptors (Lipinski definition) is 14. The Labute approximate surface area is 331 Å². The largest absolute Gasteiger partial charge is 0.388 e. The molecule has 2 amide bonds. The highest BCUT2D eigenvalue weighted by Crippen LogP contribution is 2.40. The average molecular weight is 783 g/mol. The summed E-state index contributed by atoms with van der Waals surface area (Å²) in [6, 6.07) is 26.1. The number of aromatic nitrogens is 12. The number of aryl methyl sites for hydroxylation is 1. The van der Waals surface area contributed by atoms with Gasteiger partial charge in [-0.2, -0.15) is 20.0 Å². The molecule has 5 heterocycles. The highest BCUT2D eigenvalue weighted by atomic mass is 16.3. The third kappa shape index (κ3) is 7.39. The molecule has 19 heteroatoms. The number of urea groups is 1. The maximum atomic E-state index is 13.2. The second kappa shape index (κ2) is 15.9. The lowest BCUT2D eigenvalue weighted by Crippen LogP contribution is -2.40. The van der Waals surface area contributed by atoms with E-state index < -0.39 is 24.3 Å². The van der Waals surface area contributed by atoms with E-state index in [1.54, 1.807) is 18.5 Å². The van der Waals surface area contributed by atoms with Crippen molar-refractivity contribution in [3.05, 3.63) is 108 Å². The first-order valence-electron chi connectivity index (χ1n) is 19.3. The lowest BCUT2D eigenvalue weighted by Gasteiger charge is -2.22. The van der Waals surface area contributed by atoms with Gasteiger partial charge < -0.3 is 35.6 Å². The van der Waals surface area contributed by atoms with Crippen LogP contribution >= 0.6 is 0 Å². The topological polar surface area (TPSA) is 239 Å². The Morgan fingerprint density at radius 2 is 1.72 bits per heavy atom. The van der Waals surface area contributed by atoms with Gasteiger partial charge in [-0.25, -0.2) is 9.78 Å². The molecule has 1 aliphatic heterocycles. The van der Waals surface area contributed by atoms with Crippen LogP contribution in [0.5, 0.6) is 0 Å². The Balaban J connectivity index is 0.993. The molecule has 1 saturated heterocycles. The minimum atomic E-state index is -1.15. The number of hydrogen-bond donors (Lipinski definition) is 6. The van der Waals surface area contributed by atoms with Gasteiger partial charge in [0.05, 0.1) is 12.4 Å². The van der Waals surface area contributed by atoms with Crippen LogP contribution in [0.1, 0.15) is 54.7 Å². The number of imidazole rings is 1. The van der Waals surface area contributed by atoms with Crippen LogP contribution in [-0.4, -0.2) is 114 Å². The number of tetrazole rings is 2. The molecule has 7 aromatic rings. The molecule has 9 rings (SSSR count). The molecule has 4 aromatic heterocycles. The van der Waals surface area contributed by atoms with E-state index in [-0.39, 0.29) is 18.0 Å². The van der Waals surface area contributed by atoms with Gasteiger partial charge in [-0.3, -0.25) is 0 Å². The van der Waals surface area contributed by atoms with Crippen LogP contribution in [0.15, 0.2) is 91.3 Å². The number of fused-ring (bicyclic) bond motifs is 1. The Bertz CT molecular complexity index is 2440. The van der Waals surface area contributed by atoms with E-state index in [4.69, 9.17) is 15.0 Å². The second-order valence-electron chi connectivity index (χ2n) is 14.5. The van der Waals surface area contributed by atoms with Crippen molar-refractivity contribution in [2.24, 2.45) is 0 Å². The quantitative estimate of drug-likeness (QED) is 0.105. The molecular formula is C39H42N16O3. The smallest absolute Gasteiger partial charge is 0.319 e. The zero-order chi connectivity index (χ0) is 39.6. The first-order valence-corrected chi connectivity index (χ1v) is 19.3. The number of aliphatic hydroxyl groups is 2. The lowest BCUT2D eigenvalue weighted by molar-refractivity contribution is 0.00473. The third-order valence-corrected chi connectivity index (χ3v) is 10.9. The molecule has 5 atom stereocenters. The molecule has 58 heavy (non-hydrogen) atoms. The predicted molar refractivity (Wildman–Crippen MR) is 213 cm³/mol. The summed E-state index contributed by atoms with van der Waals surface area (Å²) in [6.07, 6.45) is 0.921. The minimum Gasteiger partial charge on any atom is -0.388 e. The van der Waals surface area contributed by atoms with E-state index in [0.717, 1.165) is 11.1 Å². The molecule has 2 fully saturated rings. The Morgan fingerprint density at radius 3 is 2.45 bits per heavy atom. The van der Waals surface area contributed by atoms with Crippen LogP contribution in [0.3, 0.4) is 0 Å². The molecular weight excluding hydrogens is 741 g/mol. The van der Waals surface area contributed by atoms with Gasteiger partial charge in [-0.15, -0.1) is 20.4 Å². The van der Waals surface area contributed by atoms with Crippen LogP contribution in [0.25, 0.3) is 22.6 Å². The number of benzene rings is 3. The van der Waals surface area contributed by atoms with E-state index in [9.17, 15) is 15.0 Å². The number of aromatic amines is 1. The molecule has 2 aliphatic rings. The molecule has 0 bridgehead atoms. The molecule has 1 unspecified atom stereocenters. The fourth-order valence-corrected chi connectivity index (χ4v) is 7.87. The Kier molecular flexibility index (Phi) is 10.1. The number of amides is 2. The number of H-pyrrole nitrogens is 1. The van der Waals surface area contributed by atoms with E-state index >= 15 is 0 Å². The lowest BCUT2D eigenvalue weighted by atomic mass is 9.91. The van der Waals surface area contributed by atoms with E-state index in [1.165, 1.54) is 4.80 Å². The van der Waals surface area contributed by atoms with Crippen molar-refractivity contribution in [2.75, 3.05) is 35.2 Å². The average Bonchev–Trinajstić information content (AvgIpc) is 4.11. The van der Waals surface area contributed by atoms with Crippen molar-refractivity contribution < 1.29 is 15.0 Å². The van der Waals surface area contributed by atoms with Gasteiger partial charge in [0.15, 0.2) is 22.8 Å². The summed E-state index contributed by atoms with van der Waals surface area (Å²) in [6.45, 7) is 3.48. The number of aliphatic hydroxyl groups excluding tert-OH is 2. The number of carbonyl (C=O) groups is 1. The maximum Gasteiger partial charge on any atom is 0.319 e. The second-order valence-corrected chi connectivity index (χ2v) is 14.5. The molecule has 0 radical (unpaired) electrons. The number of anilines is 3. The van der Waals surface area contributed by atoms with Crippen LogP contribution in [0.4, 0.5) is 22.2 Å². The number of nitrogens with one attached hydrogen (secondary N) is 4. The molecule has 296 valence electrons. The SMILES string of the molecule is CCc1nnn([C@H]2C[C@@H](n3cnc4c(NCC(c5ccccc5)c5ccccc5)nc(N5CCC(NC(=O)Nc6cccc(-c7nn[nH]n7)c6)C5)nc43)[C@H](O)[C@@H]2O)n1. The fraction of sp³-hybridized carbons (Fsp3) is 0.333. The highest BCUT2D eigenvalue weighted by Gasteiger charge is 2.45. The summed E-state index contributed by atoms with van der Waals surface area (Å²) < 4.78 is 1.81. The minimum absolute atomic E-state index is 0.000453. The number of carbonyl (C=O) groups excluding carboxylic acids is 1. The van der Waals surface area contributed by atoms with Crippen molar-refractivity contribution in [3.8, 4) is 11.4 Å². The zero-order valence-electron chi connectivity index (χ0n) is 31.5. The summed E-state index contributed by atoms with van der Waals surface area (Å²) in [5, 5.41) is 59.0. The highest BCUT2D eigenvalue weighted by molar-refractivity contribution is 5.90. The van der Waals surface area contributed by atoms with Crippen LogP contribution in [0.2, 0.25) is 0 Å². The van der Waals surface area contributed by atoms with Gasteiger partial charge in [-0.05, 0) is 46.5 Å². The summed E-state index contributed by atoms with van der Waals surface area (Å²) in [5.74, 6) is 1.96. The first-order chi connectivity index (χ1) is 28.4. The zero-order valence-corrected chi connectivity index (χ0v) is 31.5. The Morgan fingerprint density at radius 1 is 0.948 bits per heavy atom. The van der Waals surface area contributed by atoms with Gasteiger partial charge in [-0.1, -0.05) is 79.7 Å². The van der Waals surface area contributed by atoms with Gasteiger partial charge in [0.2, 0.25) is 11.8 Å². The van der Waals surface area contributed by atoms with E-state index in [1.807, 2.05) is 64.9 Å². The van der Waals surface area contributed by atoms with Crippen molar-refractivity contribution >= 4 is 34.6 Å². The fourth-order valence-electron chi connectivity index (χ4n) is 7.87. The predicted octanol–water partition coefficient (Wildman–Crippen LogP) is 3.11. The van der Waals surface area contributed by atoms with E-state index in [2.05, 4.69) is 76.3 Å². The van der Waals surface area contributed by atoms with Crippen molar-refractivity contribution in [3.63, 3.8) is 0 Å². The van der Waals surface area contributed by atoms with Gasteiger partial charge in [0.1, 0.15) is 18.2 Å². The maximum absolute atomic E-state index is 13.2. The first kappa shape index (κ1) is 36.8. The third-order valence-electron chi connectivity index (χ3n) is 10.9. The molecule has 1 saturated carbocycles. The van der Waals surface area contributed by atoms with Gasteiger partial charge >= 0.3 is 6.03 Å². The molecule has 3 aromatic carbocycles. The normalized spacial score (nSPS) is 20.6. The molecule has 1 aliphatic carbocycles. The summed E-state index contributed by atoms with van der Waals surface area (Å²) in [4.78, 5) is 31.5. The van der Waals surface area contributed by atoms with Crippen molar-refractivity contribution in [1.29, 1.82) is 0 Å². The number of rotatable bonds is 12. The number of nitrogens with zero attached hydrogens (tertiary/aromatic N) is 12. The van der Waals surface area contributed by atoms with E-state index in [0.29, 0.717) is 84.7 Å². The van der Waals surface area contributed by atoms with Crippen LogP contribution < -0.4 is 20.9 Å². The summed E-state index contributed by atoms with van der Waals surface area (Å²) >= 11 is 0. The summed E-state index contributed by atoms with van der Waals surface area (Å²) in [7, 11) is 0. The van der Waals surface area contributed by atoms with Gasteiger partial charge in [0, 0.05) is 49.3 Å². The van der Waals surface area contributed by atoms with Crippen molar-refractivity contribution in [1.82, 2.24) is 65.7 Å². The molecule has 19 nitrogen and oxygen atoms in total. The molecule has 0 spiro atoms. The van der Waals surface area contributed by atoms with Crippen molar-refractivity contribution in [2.45, 2.75) is 62.4 Å². The molecule has 6 N–H and O–H groups in total. The monoisotopic (exact) mass is 782 g/mol. The van der Waals surface area contributed by atoms with Crippen LogP contribution in [-0.2, 0) is 6.42 Å². The standard InChI is InChI=1S/C39H42N16O3/c1-2-31-46-52-55(49-31)30-19-29(33(56)34(30)57)54-22-41-32-36(40-20-28(23-10-5-3-6-11-23)24-12-7-4-8-13-24)44-38(45-37(32)54)53-17-16-27(21-53)43-39(58)42-26-15-9-14-25(18-26)35-47-50-51-48-35/h3-15,18,22,27-30,33-34,56-57H,2,16-17,19-21H2,1H3,(H,40,44,45)(H2,42,43,58)(H,47,48,50,51)/t27?,29-,30+,33+,34-/m1/s1. The van der Waals surface area contributed by atoms with Crippen LogP contribution in [0, 0.1) is 0 Å². The Hall–Kier alpha value is -6.86.